The van der Waals surface area contributed by atoms with E-state index in [0.717, 1.165) is 0 Å². The van der Waals surface area contributed by atoms with Gasteiger partial charge in [0.05, 0.1) is 6.10 Å². The predicted octanol–water partition coefficient (Wildman–Crippen LogP) is 1.43. The van der Waals surface area contributed by atoms with Crippen LogP contribution in [0.2, 0.25) is 0 Å². The fraction of sp³-hybridized carbons (Fsp3) is 0.500. The van der Waals surface area contributed by atoms with Crippen LogP contribution in [-0.4, -0.2) is 41.7 Å². The number of aliphatic hydroxyl groups excluding tert-OH is 1. The second-order valence-electron chi connectivity index (χ2n) is 4.92. The number of nitrogens with zero attached hydrogens (tertiary/aromatic N) is 1. The fourth-order valence-corrected chi connectivity index (χ4v) is 2.13. The van der Waals surface area contributed by atoms with Crippen molar-refractivity contribution in [1.29, 1.82) is 0 Å². The van der Waals surface area contributed by atoms with Crippen LogP contribution in [0.3, 0.4) is 0 Å². The van der Waals surface area contributed by atoms with Gasteiger partial charge in [0.25, 0.3) is 5.91 Å². The number of carbonyl (C=O) groups is 1. The first-order valence-electron chi connectivity index (χ1n) is 6.40. The lowest BCUT2D eigenvalue weighted by molar-refractivity contribution is -0.136. The van der Waals surface area contributed by atoms with E-state index in [1.807, 2.05) is 6.92 Å². The van der Waals surface area contributed by atoms with E-state index in [9.17, 15) is 14.3 Å². The molecule has 2 atom stereocenters. The zero-order valence-corrected chi connectivity index (χ0v) is 10.9. The average Bonchev–Trinajstić information content (AvgIpc) is 2.41. The monoisotopic (exact) mass is 267 g/mol. The van der Waals surface area contributed by atoms with Gasteiger partial charge >= 0.3 is 0 Å². The highest BCUT2D eigenvalue weighted by atomic mass is 19.1. The molecule has 1 N–H and O–H groups in total. The summed E-state index contributed by atoms with van der Waals surface area (Å²) in [5.74, 6) is 0.115. The summed E-state index contributed by atoms with van der Waals surface area (Å²) in [6.07, 6.45) is 0.269. The number of aliphatic hydroxyl groups is 1. The minimum atomic E-state index is -0.336. The van der Waals surface area contributed by atoms with E-state index in [0.29, 0.717) is 25.3 Å². The Hall–Kier alpha value is -1.62. The van der Waals surface area contributed by atoms with Crippen molar-refractivity contribution >= 4 is 5.91 Å². The summed E-state index contributed by atoms with van der Waals surface area (Å²) in [4.78, 5) is 13.6. The SMILES string of the molecule is CC1CN(C(=O)COc2ccc(F)cc2)CCC1O. The Labute approximate surface area is 111 Å². The van der Waals surface area contributed by atoms with Crippen LogP contribution >= 0.6 is 0 Å². The molecule has 0 spiro atoms. The van der Waals surface area contributed by atoms with E-state index in [4.69, 9.17) is 4.74 Å². The van der Waals surface area contributed by atoms with Gasteiger partial charge in [0.15, 0.2) is 6.61 Å². The van der Waals surface area contributed by atoms with Crippen LogP contribution in [0.4, 0.5) is 4.39 Å². The molecule has 1 fully saturated rings. The minimum Gasteiger partial charge on any atom is -0.484 e. The second kappa shape index (κ2) is 6.02. The van der Waals surface area contributed by atoms with E-state index in [1.54, 1.807) is 4.90 Å². The molecule has 5 heteroatoms. The van der Waals surface area contributed by atoms with Crippen LogP contribution in [-0.2, 0) is 4.79 Å². The molecule has 1 aromatic rings. The number of halogens is 1. The molecule has 1 saturated heterocycles. The third-order valence-electron chi connectivity index (χ3n) is 3.39. The van der Waals surface area contributed by atoms with E-state index in [2.05, 4.69) is 0 Å². The first-order valence-corrected chi connectivity index (χ1v) is 6.40. The lowest BCUT2D eigenvalue weighted by Gasteiger charge is -2.34. The molecular formula is C14H18FNO3. The number of carbonyl (C=O) groups excluding carboxylic acids is 1. The van der Waals surface area contributed by atoms with Gasteiger partial charge in [0, 0.05) is 13.1 Å². The third-order valence-corrected chi connectivity index (χ3v) is 3.39. The van der Waals surface area contributed by atoms with Gasteiger partial charge in [0.2, 0.25) is 0 Å². The summed E-state index contributed by atoms with van der Waals surface area (Å²) < 4.78 is 18.0. The molecule has 0 bridgehead atoms. The molecule has 1 aromatic carbocycles. The second-order valence-corrected chi connectivity index (χ2v) is 4.92. The minimum absolute atomic E-state index is 0.0611. The highest BCUT2D eigenvalue weighted by Crippen LogP contribution is 2.17. The number of amides is 1. The van der Waals surface area contributed by atoms with E-state index >= 15 is 0 Å². The predicted molar refractivity (Wildman–Crippen MR) is 68.3 cm³/mol. The summed E-state index contributed by atoms with van der Waals surface area (Å²) in [6, 6.07) is 5.56. The number of hydrogen-bond donors (Lipinski definition) is 1. The van der Waals surface area contributed by atoms with Crippen molar-refractivity contribution in [2.45, 2.75) is 19.4 Å². The zero-order valence-electron chi connectivity index (χ0n) is 10.9. The quantitative estimate of drug-likeness (QED) is 0.901. The first-order chi connectivity index (χ1) is 9.06. The number of likely N-dealkylation sites (tertiary alicyclic amines) is 1. The maximum atomic E-state index is 12.7. The molecular weight excluding hydrogens is 249 g/mol. The lowest BCUT2D eigenvalue weighted by atomic mass is 9.97. The van der Waals surface area contributed by atoms with E-state index < -0.39 is 0 Å². The molecule has 1 aliphatic rings. The molecule has 1 amide bonds. The Balaban J connectivity index is 1.83. The van der Waals surface area contributed by atoms with Crippen molar-refractivity contribution in [2.24, 2.45) is 5.92 Å². The van der Waals surface area contributed by atoms with Crippen LogP contribution in [0, 0.1) is 11.7 Å². The van der Waals surface area contributed by atoms with Gasteiger partial charge in [-0.3, -0.25) is 4.79 Å². The van der Waals surface area contributed by atoms with E-state index in [-0.39, 0.29) is 30.4 Å². The number of hydrogen-bond acceptors (Lipinski definition) is 3. The van der Waals surface area contributed by atoms with Gasteiger partial charge in [0.1, 0.15) is 11.6 Å². The number of piperidine rings is 1. The van der Waals surface area contributed by atoms with Crippen LogP contribution in [0.5, 0.6) is 5.75 Å². The van der Waals surface area contributed by atoms with Gasteiger partial charge in [-0.05, 0) is 36.6 Å². The van der Waals surface area contributed by atoms with Crippen molar-refractivity contribution in [3.8, 4) is 5.75 Å². The Morgan fingerprint density at radius 2 is 2.16 bits per heavy atom. The van der Waals surface area contributed by atoms with Gasteiger partial charge < -0.3 is 14.7 Å². The highest BCUT2D eigenvalue weighted by Gasteiger charge is 2.27. The molecule has 0 aliphatic carbocycles. The molecule has 1 aliphatic heterocycles. The Kier molecular flexibility index (Phi) is 4.37. The molecule has 2 rings (SSSR count). The summed E-state index contributed by atoms with van der Waals surface area (Å²) >= 11 is 0. The molecule has 1 heterocycles. The summed E-state index contributed by atoms with van der Waals surface area (Å²) in [6.45, 7) is 2.96. The third kappa shape index (κ3) is 3.67. The molecule has 4 nitrogen and oxygen atoms in total. The number of rotatable bonds is 3. The standard InChI is InChI=1S/C14H18FNO3/c1-10-8-16(7-6-13(10)17)14(18)9-19-12-4-2-11(15)3-5-12/h2-5,10,13,17H,6-9H2,1H3. The fourth-order valence-electron chi connectivity index (χ4n) is 2.13. The van der Waals surface area contributed by atoms with Crippen molar-refractivity contribution < 1.29 is 19.0 Å². The molecule has 0 radical (unpaired) electrons. The summed E-state index contributed by atoms with van der Waals surface area (Å²) in [5, 5.41) is 9.61. The highest BCUT2D eigenvalue weighted by molar-refractivity contribution is 5.77. The van der Waals surface area contributed by atoms with Gasteiger partial charge in [-0.2, -0.15) is 0 Å². The molecule has 0 saturated carbocycles. The van der Waals surface area contributed by atoms with Crippen LogP contribution in [0.25, 0.3) is 0 Å². The smallest absolute Gasteiger partial charge is 0.260 e. The molecule has 0 aromatic heterocycles. The average molecular weight is 267 g/mol. The maximum Gasteiger partial charge on any atom is 0.260 e. The normalized spacial score (nSPS) is 23.2. The topological polar surface area (TPSA) is 49.8 Å². The Morgan fingerprint density at radius 1 is 1.47 bits per heavy atom. The van der Waals surface area contributed by atoms with Crippen LogP contribution in [0.1, 0.15) is 13.3 Å². The Bertz CT molecular complexity index is 435. The van der Waals surface area contributed by atoms with Crippen molar-refractivity contribution in [3.05, 3.63) is 30.1 Å². The van der Waals surface area contributed by atoms with Gasteiger partial charge in [-0.25, -0.2) is 4.39 Å². The van der Waals surface area contributed by atoms with Gasteiger partial charge in [-0.1, -0.05) is 6.92 Å². The lowest BCUT2D eigenvalue weighted by Crippen LogP contribution is -2.46. The number of benzene rings is 1. The van der Waals surface area contributed by atoms with Crippen molar-refractivity contribution in [3.63, 3.8) is 0 Å². The van der Waals surface area contributed by atoms with Crippen molar-refractivity contribution in [1.82, 2.24) is 4.90 Å². The Morgan fingerprint density at radius 3 is 2.79 bits per heavy atom. The zero-order chi connectivity index (χ0) is 13.8. The number of ether oxygens (including phenoxy) is 1. The van der Waals surface area contributed by atoms with Gasteiger partial charge in [-0.15, -0.1) is 0 Å². The van der Waals surface area contributed by atoms with Crippen LogP contribution in [0.15, 0.2) is 24.3 Å². The summed E-state index contributed by atoms with van der Waals surface area (Å²) in [7, 11) is 0. The molecule has 2 unspecified atom stereocenters. The van der Waals surface area contributed by atoms with E-state index in [1.165, 1.54) is 24.3 Å². The molecule has 104 valence electrons. The van der Waals surface area contributed by atoms with Crippen molar-refractivity contribution in [2.75, 3.05) is 19.7 Å². The maximum absolute atomic E-state index is 12.7. The van der Waals surface area contributed by atoms with Crippen LogP contribution < -0.4 is 4.74 Å². The first kappa shape index (κ1) is 13.8. The summed E-state index contributed by atoms with van der Waals surface area (Å²) in [5.41, 5.74) is 0. The largest absolute Gasteiger partial charge is 0.484 e. The molecule has 19 heavy (non-hydrogen) atoms.